The molecular weight excluding hydrogens is 389 g/mol. The molecule has 1 amide bonds. The van der Waals surface area contributed by atoms with Crippen LogP contribution in [0.1, 0.15) is 24.5 Å². The largest absolute Gasteiger partial charge is 0.483 e. The van der Waals surface area contributed by atoms with E-state index in [0.717, 1.165) is 12.1 Å². The number of pyridine rings is 1. The summed E-state index contributed by atoms with van der Waals surface area (Å²) in [4.78, 5) is 29.5. The van der Waals surface area contributed by atoms with Gasteiger partial charge in [0.2, 0.25) is 0 Å². The van der Waals surface area contributed by atoms with Crippen molar-refractivity contribution in [2.24, 2.45) is 0 Å². The lowest BCUT2D eigenvalue weighted by Crippen LogP contribution is -2.36. The van der Waals surface area contributed by atoms with Crippen LogP contribution in [0.15, 0.2) is 48.8 Å². The number of hydrogen-bond acceptors (Lipinski definition) is 5. The van der Waals surface area contributed by atoms with Crippen molar-refractivity contribution in [3.63, 3.8) is 0 Å². The maximum Gasteiger partial charge on any atom is 0.419 e. The molecule has 0 bridgehead atoms. The van der Waals surface area contributed by atoms with Crippen molar-refractivity contribution in [1.29, 1.82) is 0 Å². The Bertz CT molecular complexity index is 813. The SMILES string of the molecule is CCOC(=O)CCN(Cc1cccnc1)C(=O)COc1ccccc1C(F)(F)F. The predicted molar refractivity (Wildman–Crippen MR) is 97.8 cm³/mol. The molecule has 0 radical (unpaired) electrons. The summed E-state index contributed by atoms with van der Waals surface area (Å²) in [5.74, 6) is -1.46. The number of hydrogen-bond donors (Lipinski definition) is 0. The normalized spacial score (nSPS) is 11.0. The number of amides is 1. The fourth-order valence-corrected chi connectivity index (χ4v) is 2.52. The molecular formula is C20H21F3N2O4. The van der Waals surface area contributed by atoms with Gasteiger partial charge in [-0.2, -0.15) is 13.2 Å². The van der Waals surface area contributed by atoms with Crippen molar-refractivity contribution in [3.05, 3.63) is 59.9 Å². The predicted octanol–water partition coefficient (Wildman–Crippen LogP) is 3.46. The Labute approximate surface area is 166 Å². The second kappa shape index (κ2) is 10.4. The zero-order valence-electron chi connectivity index (χ0n) is 15.8. The third kappa shape index (κ3) is 7.10. The number of ether oxygens (including phenoxy) is 2. The lowest BCUT2D eigenvalue weighted by molar-refractivity contribution is -0.145. The van der Waals surface area contributed by atoms with E-state index in [1.54, 1.807) is 31.5 Å². The maximum absolute atomic E-state index is 13.1. The van der Waals surface area contributed by atoms with Crippen LogP contribution >= 0.6 is 0 Å². The molecule has 156 valence electrons. The van der Waals surface area contributed by atoms with Gasteiger partial charge >= 0.3 is 12.1 Å². The van der Waals surface area contributed by atoms with Gasteiger partial charge in [-0.1, -0.05) is 18.2 Å². The number of benzene rings is 1. The second-order valence-corrected chi connectivity index (χ2v) is 6.01. The van der Waals surface area contributed by atoms with Gasteiger partial charge in [0.25, 0.3) is 5.91 Å². The highest BCUT2D eigenvalue weighted by Crippen LogP contribution is 2.35. The molecule has 0 saturated carbocycles. The van der Waals surface area contributed by atoms with Gasteiger partial charge in [0, 0.05) is 25.5 Å². The molecule has 0 aliphatic heterocycles. The van der Waals surface area contributed by atoms with Gasteiger partial charge in [0.15, 0.2) is 6.61 Å². The molecule has 6 nitrogen and oxygen atoms in total. The van der Waals surface area contributed by atoms with Crippen LogP contribution in [0.3, 0.4) is 0 Å². The summed E-state index contributed by atoms with van der Waals surface area (Å²) in [7, 11) is 0. The maximum atomic E-state index is 13.1. The van der Waals surface area contributed by atoms with Crippen LogP contribution in [0.4, 0.5) is 13.2 Å². The number of halogens is 3. The number of carbonyl (C=O) groups is 2. The molecule has 0 fully saturated rings. The number of nitrogens with zero attached hydrogens (tertiary/aromatic N) is 2. The van der Waals surface area contributed by atoms with E-state index in [9.17, 15) is 22.8 Å². The first-order valence-electron chi connectivity index (χ1n) is 8.92. The number of esters is 1. The number of rotatable bonds is 9. The quantitative estimate of drug-likeness (QED) is 0.593. The molecule has 9 heteroatoms. The Kier molecular flexibility index (Phi) is 7.99. The van der Waals surface area contributed by atoms with E-state index in [4.69, 9.17) is 9.47 Å². The zero-order valence-corrected chi connectivity index (χ0v) is 15.8. The summed E-state index contributed by atoms with van der Waals surface area (Å²) >= 11 is 0. The monoisotopic (exact) mass is 410 g/mol. The van der Waals surface area contributed by atoms with E-state index in [1.165, 1.54) is 17.0 Å². The van der Waals surface area contributed by atoms with Crippen LogP contribution in [0.25, 0.3) is 0 Å². The summed E-state index contributed by atoms with van der Waals surface area (Å²) in [5, 5.41) is 0. The van der Waals surface area contributed by atoms with Gasteiger partial charge in [0.05, 0.1) is 18.6 Å². The summed E-state index contributed by atoms with van der Waals surface area (Å²) in [6, 6.07) is 8.11. The van der Waals surface area contributed by atoms with Crippen LogP contribution in [0.5, 0.6) is 5.75 Å². The highest BCUT2D eigenvalue weighted by Gasteiger charge is 2.34. The second-order valence-electron chi connectivity index (χ2n) is 6.01. The number of aromatic nitrogens is 1. The molecule has 0 aliphatic carbocycles. The minimum Gasteiger partial charge on any atom is -0.483 e. The highest BCUT2D eigenvalue weighted by molar-refractivity contribution is 5.78. The molecule has 0 aliphatic rings. The Morgan fingerprint density at radius 1 is 1.14 bits per heavy atom. The van der Waals surface area contributed by atoms with E-state index in [1.807, 2.05) is 0 Å². The smallest absolute Gasteiger partial charge is 0.419 e. The van der Waals surface area contributed by atoms with Crippen molar-refractivity contribution in [2.45, 2.75) is 26.1 Å². The van der Waals surface area contributed by atoms with Crippen molar-refractivity contribution in [1.82, 2.24) is 9.88 Å². The third-order valence-corrected chi connectivity index (χ3v) is 3.88. The van der Waals surface area contributed by atoms with Gasteiger partial charge < -0.3 is 14.4 Å². The molecule has 1 aromatic heterocycles. The van der Waals surface area contributed by atoms with E-state index in [-0.39, 0.29) is 26.1 Å². The molecule has 2 rings (SSSR count). The average molecular weight is 410 g/mol. The Balaban J connectivity index is 2.07. The minimum atomic E-state index is -4.60. The molecule has 0 atom stereocenters. The van der Waals surface area contributed by atoms with E-state index < -0.39 is 36.0 Å². The molecule has 1 aromatic carbocycles. The van der Waals surface area contributed by atoms with Gasteiger partial charge in [-0.05, 0) is 30.7 Å². The molecule has 2 aromatic rings. The zero-order chi connectivity index (χ0) is 21.3. The first-order valence-corrected chi connectivity index (χ1v) is 8.92. The van der Waals surface area contributed by atoms with Crippen LogP contribution < -0.4 is 4.74 Å². The summed E-state index contributed by atoms with van der Waals surface area (Å²) in [6.07, 6.45) is -1.51. The van der Waals surface area contributed by atoms with Crippen molar-refractivity contribution >= 4 is 11.9 Å². The highest BCUT2D eigenvalue weighted by atomic mass is 19.4. The summed E-state index contributed by atoms with van der Waals surface area (Å²) in [6.45, 7) is 1.46. The van der Waals surface area contributed by atoms with Gasteiger partial charge in [-0.25, -0.2) is 0 Å². The Morgan fingerprint density at radius 2 is 1.90 bits per heavy atom. The Morgan fingerprint density at radius 3 is 2.55 bits per heavy atom. The van der Waals surface area contributed by atoms with Gasteiger partial charge in [-0.15, -0.1) is 0 Å². The lowest BCUT2D eigenvalue weighted by Gasteiger charge is -2.23. The van der Waals surface area contributed by atoms with Crippen LogP contribution in [-0.4, -0.2) is 41.5 Å². The average Bonchev–Trinajstić information content (AvgIpc) is 2.70. The number of para-hydroxylation sites is 1. The fraction of sp³-hybridized carbons (Fsp3) is 0.350. The first-order chi connectivity index (χ1) is 13.8. The van der Waals surface area contributed by atoms with Crippen LogP contribution in [-0.2, 0) is 27.0 Å². The summed E-state index contributed by atoms with van der Waals surface area (Å²) < 4.78 is 49.2. The van der Waals surface area contributed by atoms with Gasteiger partial charge in [0.1, 0.15) is 5.75 Å². The molecule has 0 unspecified atom stereocenters. The molecule has 29 heavy (non-hydrogen) atoms. The van der Waals surface area contributed by atoms with Crippen LogP contribution in [0.2, 0.25) is 0 Å². The lowest BCUT2D eigenvalue weighted by atomic mass is 10.2. The van der Waals surface area contributed by atoms with E-state index >= 15 is 0 Å². The first kappa shape index (κ1) is 22.2. The van der Waals surface area contributed by atoms with Crippen molar-refractivity contribution in [3.8, 4) is 5.75 Å². The van der Waals surface area contributed by atoms with Crippen molar-refractivity contribution < 1.29 is 32.2 Å². The number of alkyl halides is 3. The Hall–Kier alpha value is -3.10. The fourth-order valence-electron chi connectivity index (χ4n) is 2.52. The molecule has 1 heterocycles. The standard InChI is InChI=1S/C20H21F3N2O4/c1-2-28-19(27)9-11-25(13-15-6-5-10-24-12-15)18(26)14-29-17-8-4-3-7-16(17)20(21,22)23/h3-8,10,12H,2,9,11,13-14H2,1H3. The van der Waals surface area contributed by atoms with Crippen LogP contribution in [0, 0.1) is 0 Å². The van der Waals surface area contributed by atoms with Gasteiger partial charge in [-0.3, -0.25) is 14.6 Å². The third-order valence-electron chi connectivity index (χ3n) is 3.88. The number of carbonyl (C=O) groups excluding carboxylic acids is 2. The van der Waals surface area contributed by atoms with E-state index in [0.29, 0.717) is 5.56 Å². The van der Waals surface area contributed by atoms with Crippen molar-refractivity contribution in [2.75, 3.05) is 19.8 Å². The molecule has 0 spiro atoms. The summed E-state index contributed by atoms with van der Waals surface area (Å²) in [5.41, 5.74) is -0.251. The topological polar surface area (TPSA) is 68.7 Å². The minimum absolute atomic E-state index is 0.0385. The molecule has 0 saturated heterocycles. The van der Waals surface area contributed by atoms with E-state index in [2.05, 4.69) is 4.98 Å². The molecule has 0 N–H and O–H groups in total.